The first-order chi connectivity index (χ1) is 19.7. The monoisotopic (exact) mass is 500 g/mol. The number of furan rings is 2. The fourth-order valence-electron chi connectivity index (χ4n) is 5.45. The van der Waals surface area contributed by atoms with Gasteiger partial charge in [-0.3, -0.25) is 0 Å². The molecule has 5 heteroatoms. The first-order valence-corrected chi connectivity index (χ1v) is 12.2. The van der Waals surface area contributed by atoms with Crippen LogP contribution < -0.4 is 4.57 Å². The lowest BCUT2D eigenvalue weighted by molar-refractivity contribution is -0.661. The molecule has 0 unspecified atom stereocenters. The maximum atomic E-state index is 15.1. The van der Waals surface area contributed by atoms with Crippen molar-refractivity contribution >= 4 is 43.9 Å². The molecule has 0 N–H and O–H groups in total. The van der Waals surface area contributed by atoms with Crippen molar-refractivity contribution in [2.75, 3.05) is 0 Å². The van der Waals surface area contributed by atoms with E-state index >= 15 is 4.39 Å². The van der Waals surface area contributed by atoms with Crippen LogP contribution in [-0.4, -0.2) is 0 Å². The van der Waals surface area contributed by atoms with E-state index in [1.807, 2.05) is 67.6 Å². The second-order valence-corrected chi connectivity index (χ2v) is 9.55. The van der Waals surface area contributed by atoms with E-state index in [4.69, 9.17) is 12.9 Å². The molecule has 7 aromatic rings. The Morgan fingerprint density at radius 1 is 0.816 bits per heavy atom. The van der Waals surface area contributed by atoms with Gasteiger partial charge in [0, 0.05) is 42.9 Å². The van der Waals surface area contributed by atoms with Gasteiger partial charge in [-0.2, -0.15) is 5.26 Å². The highest BCUT2D eigenvalue weighted by Gasteiger charge is 2.24. The number of hydrogen-bond acceptors (Lipinski definition) is 3. The summed E-state index contributed by atoms with van der Waals surface area (Å²) >= 11 is 0. The molecule has 0 atom stereocenters. The number of benzene rings is 4. The summed E-state index contributed by atoms with van der Waals surface area (Å²) in [6, 6.07) is 24.8. The summed E-state index contributed by atoms with van der Waals surface area (Å²) < 4.78 is 52.5. The summed E-state index contributed by atoms with van der Waals surface area (Å²) in [5, 5.41) is 13.7. The predicted molar refractivity (Wildman–Crippen MR) is 147 cm³/mol. The molecule has 0 aliphatic rings. The van der Waals surface area contributed by atoms with Crippen LogP contribution in [0.15, 0.2) is 87.8 Å². The SMILES string of the molecule is [2H]C([2H])([2H])c1c[n+](C)c(-c2c(C)ccc3c2oc2c(-c4ccc5c(c4)oc4ccccc45)c(C#N)ccc23)cc1F. The topological polar surface area (TPSA) is 54.0 Å². The standard InChI is InChI=1S/C33H22FN2O2/c1-18-8-11-24-25-13-10-21(16-35)31(20-9-12-23-22-6-4-5-7-28(22)37-29(23)14-20)33(25)38-32(24)30(18)27-15-26(34)19(2)17-36(27)3/h4-15,17H,1-3H3/q+1/i2D3. The second-order valence-electron chi connectivity index (χ2n) is 9.55. The van der Waals surface area contributed by atoms with Crippen molar-refractivity contribution in [1.82, 2.24) is 0 Å². The average Bonchev–Trinajstić information content (AvgIpc) is 3.50. The Labute approximate surface area is 222 Å². The van der Waals surface area contributed by atoms with Crippen LogP contribution in [0.5, 0.6) is 0 Å². The smallest absolute Gasteiger partial charge is 0.219 e. The van der Waals surface area contributed by atoms with E-state index in [1.54, 1.807) is 17.7 Å². The Kier molecular flexibility index (Phi) is 4.05. The number of aryl methyl sites for hydroxylation is 3. The van der Waals surface area contributed by atoms with Crippen LogP contribution in [0.1, 0.15) is 20.8 Å². The van der Waals surface area contributed by atoms with Gasteiger partial charge in [0.1, 0.15) is 35.2 Å². The third kappa shape index (κ3) is 3.10. The molecule has 4 aromatic carbocycles. The molecule has 0 radical (unpaired) electrons. The summed E-state index contributed by atoms with van der Waals surface area (Å²) in [6.45, 7) is -0.682. The molecule has 0 aliphatic carbocycles. The highest BCUT2D eigenvalue weighted by atomic mass is 19.1. The van der Waals surface area contributed by atoms with Crippen molar-refractivity contribution in [1.29, 1.82) is 5.26 Å². The minimum absolute atomic E-state index is 0.347. The summed E-state index contributed by atoms with van der Waals surface area (Å²) in [5.41, 5.74) is 6.01. The van der Waals surface area contributed by atoms with Crippen LogP contribution in [0.2, 0.25) is 0 Å². The predicted octanol–water partition coefficient (Wildman–Crippen LogP) is 8.27. The van der Waals surface area contributed by atoms with Crippen molar-refractivity contribution in [3.63, 3.8) is 0 Å². The lowest BCUT2D eigenvalue weighted by atomic mass is 9.95. The highest BCUT2D eigenvalue weighted by Crippen LogP contribution is 2.43. The van der Waals surface area contributed by atoms with E-state index < -0.39 is 12.7 Å². The zero-order chi connectivity index (χ0) is 28.6. The van der Waals surface area contributed by atoms with Gasteiger partial charge in [-0.05, 0) is 55.2 Å². The number of nitriles is 1. The molecule has 3 aromatic heterocycles. The van der Waals surface area contributed by atoms with Gasteiger partial charge in [0.25, 0.3) is 0 Å². The van der Waals surface area contributed by atoms with E-state index in [-0.39, 0.29) is 5.56 Å². The van der Waals surface area contributed by atoms with Crippen LogP contribution in [0, 0.1) is 30.9 Å². The van der Waals surface area contributed by atoms with Gasteiger partial charge in [-0.1, -0.05) is 36.4 Å². The first-order valence-electron chi connectivity index (χ1n) is 13.7. The Balaban J connectivity index is 1.51. The van der Waals surface area contributed by atoms with Gasteiger partial charge < -0.3 is 8.83 Å². The van der Waals surface area contributed by atoms with E-state index in [9.17, 15) is 5.26 Å². The number of fused-ring (bicyclic) bond motifs is 6. The van der Waals surface area contributed by atoms with Crippen LogP contribution in [0.3, 0.4) is 0 Å². The largest absolute Gasteiger partial charge is 0.456 e. The van der Waals surface area contributed by atoms with Crippen LogP contribution in [0.25, 0.3) is 66.3 Å². The zero-order valence-electron chi connectivity index (χ0n) is 23.6. The zero-order valence-corrected chi connectivity index (χ0v) is 20.6. The van der Waals surface area contributed by atoms with E-state index in [0.717, 1.165) is 38.3 Å². The number of aromatic nitrogens is 1. The first kappa shape index (κ1) is 19.2. The molecule has 4 nitrogen and oxygen atoms in total. The molecular formula is C33H22FN2O2+. The summed E-state index contributed by atoms with van der Waals surface area (Å²) in [4.78, 5) is 0. The number of pyridine rings is 1. The number of para-hydroxylation sites is 1. The van der Waals surface area contributed by atoms with Crippen molar-refractivity contribution < 1.29 is 21.9 Å². The Bertz CT molecular complexity index is 2250. The summed E-state index contributed by atoms with van der Waals surface area (Å²) in [6.07, 6.45) is 1.31. The number of halogens is 1. The minimum atomic E-state index is -2.58. The maximum absolute atomic E-state index is 15.1. The Morgan fingerprint density at radius 3 is 2.37 bits per heavy atom. The Morgan fingerprint density at radius 2 is 1.55 bits per heavy atom. The maximum Gasteiger partial charge on any atom is 0.219 e. The average molecular weight is 501 g/mol. The van der Waals surface area contributed by atoms with Gasteiger partial charge in [0.05, 0.1) is 17.2 Å². The fourth-order valence-corrected chi connectivity index (χ4v) is 5.45. The molecule has 0 aliphatic heterocycles. The van der Waals surface area contributed by atoms with E-state index in [0.29, 0.717) is 39.1 Å². The van der Waals surface area contributed by atoms with Gasteiger partial charge in [0.2, 0.25) is 5.69 Å². The van der Waals surface area contributed by atoms with Gasteiger partial charge >= 0.3 is 0 Å². The van der Waals surface area contributed by atoms with Crippen LogP contribution >= 0.6 is 0 Å². The minimum Gasteiger partial charge on any atom is -0.456 e. The fraction of sp³-hybridized carbons (Fsp3) is 0.0909. The van der Waals surface area contributed by atoms with E-state index in [2.05, 4.69) is 6.07 Å². The number of hydrogen-bond donors (Lipinski definition) is 0. The Hall–Kier alpha value is -4.95. The molecule has 7 rings (SSSR count). The lowest BCUT2D eigenvalue weighted by Gasteiger charge is -2.06. The molecule has 38 heavy (non-hydrogen) atoms. The third-order valence-electron chi connectivity index (χ3n) is 7.29. The third-order valence-corrected chi connectivity index (χ3v) is 7.29. The lowest BCUT2D eigenvalue weighted by Crippen LogP contribution is -2.31. The normalized spacial score (nSPS) is 13.2. The van der Waals surface area contributed by atoms with Crippen LogP contribution in [-0.2, 0) is 7.05 Å². The number of rotatable bonds is 2. The molecule has 0 fully saturated rings. The second kappa shape index (κ2) is 8.03. The van der Waals surface area contributed by atoms with Crippen molar-refractivity contribution in [3.05, 3.63) is 102 Å². The molecular weight excluding hydrogens is 475 g/mol. The molecule has 0 spiro atoms. The molecule has 0 bridgehead atoms. The summed E-state index contributed by atoms with van der Waals surface area (Å²) in [7, 11) is 1.69. The van der Waals surface area contributed by atoms with Gasteiger partial charge in [0.15, 0.2) is 6.20 Å². The highest BCUT2D eigenvalue weighted by molar-refractivity contribution is 6.14. The molecule has 0 saturated carbocycles. The van der Waals surface area contributed by atoms with Crippen molar-refractivity contribution in [2.45, 2.75) is 13.8 Å². The van der Waals surface area contributed by atoms with Crippen molar-refractivity contribution in [2.24, 2.45) is 7.05 Å². The molecule has 182 valence electrons. The molecule has 0 amide bonds. The quantitative estimate of drug-likeness (QED) is 0.225. The molecule has 3 heterocycles. The summed E-state index contributed by atoms with van der Waals surface area (Å²) in [5.74, 6) is -0.808. The van der Waals surface area contributed by atoms with Gasteiger partial charge in [-0.15, -0.1) is 0 Å². The van der Waals surface area contributed by atoms with Gasteiger partial charge in [-0.25, -0.2) is 8.96 Å². The number of nitrogens with zero attached hydrogens (tertiary/aromatic N) is 2. The van der Waals surface area contributed by atoms with E-state index in [1.165, 1.54) is 12.3 Å². The van der Waals surface area contributed by atoms with Crippen molar-refractivity contribution in [3.8, 4) is 28.5 Å². The van der Waals surface area contributed by atoms with Crippen LogP contribution in [0.4, 0.5) is 4.39 Å². The molecule has 0 saturated heterocycles.